The number of morpholine rings is 1. The molecule has 0 aliphatic carbocycles. The number of rotatable bonds is 6. The van der Waals surface area contributed by atoms with Crippen LogP contribution in [0.3, 0.4) is 0 Å². The van der Waals surface area contributed by atoms with Crippen molar-refractivity contribution in [1.82, 2.24) is 14.1 Å². The fourth-order valence-corrected chi connectivity index (χ4v) is 6.93. The molecule has 0 saturated carbocycles. The average molecular weight is 582 g/mol. The largest absolute Gasteiger partial charge is 0.373 e. The Morgan fingerprint density at radius 1 is 0.881 bits per heavy atom. The maximum atomic E-state index is 13.7. The van der Waals surface area contributed by atoms with Crippen LogP contribution in [-0.2, 0) is 19.6 Å². The normalized spacial score (nSPS) is 20.7. The molecule has 0 spiro atoms. The Balaban J connectivity index is 1.42. The second-order valence-corrected chi connectivity index (χ2v) is 12.5. The summed E-state index contributed by atoms with van der Waals surface area (Å²) in [6.45, 7) is 6.12. The molecule has 4 aromatic rings. The highest BCUT2D eigenvalue weighted by molar-refractivity contribution is 7.89. The van der Waals surface area contributed by atoms with E-state index in [-0.39, 0.29) is 36.1 Å². The monoisotopic (exact) mass is 581 g/mol. The Kier molecular flexibility index (Phi) is 7.36. The van der Waals surface area contributed by atoms with Crippen LogP contribution in [0.5, 0.6) is 0 Å². The van der Waals surface area contributed by atoms with E-state index >= 15 is 0 Å². The highest BCUT2D eigenvalue weighted by atomic mass is 32.2. The lowest BCUT2D eigenvalue weighted by atomic mass is 10.0. The summed E-state index contributed by atoms with van der Waals surface area (Å²) in [4.78, 5) is 13.7. The van der Waals surface area contributed by atoms with Crippen LogP contribution in [0.4, 0.5) is 5.69 Å². The van der Waals surface area contributed by atoms with Gasteiger partial charge in [0, 0.05) is 30.4 Å². The van der Waals surface area contributed by atoms with Gasteiger partial charge >= 0.3 is 0 Å². The minimum absolute atomic E-state index is 0.180. The van der Waals surface area contributed by atoms with Crippen LogP contribution in [0.15, 0.2) is 107 Å². The van der Waals surface area contributed by atoms with Crippen LogP contribution in [-0.4, -0.2) is 59.4 Å². The molecule has 10 heteroatoms. The highest BCUT2D eigenvalue weighted by Crippen LogP contribution is 2.31. The van der Waals surface area contributed by atoms with Crippen molar-refractivity contribution < 1.29 is 17.9 Å². The Bertz CT molecular complexity index is 1790. The Morgan fingerprint density at radius 2 is 1.52 bits per heavy atom. The van der Waals surface area contributed by atoms with Gasteiger partial charge in [-0.3, -0.25) is 4.79 Å². The van der Waals surface area contributed by atoms with Gasteiger partial charge in [0.1, 0.15) is 5.69 Å². The summed E-state index contributed by atoms with van der Waals surface area (Å²) in [6.07, 6.45) is 3.22. The van der Waals surface area contributed by atoms with E-state index in [0.717, 1.165) is 5.69 Å². The third-order valence-electron chi connectivity index (χ3n) is 7.26. The third-order valence-corrected chi connectivity index (χ3v) is 9.09. The third kappa shape index (κ3) is 5.32. The number of anilines is 1. The van der Waals surface area contributed by atoms with Gasteiger partial charge in [-0.05, 0) is 63.2 Å². The number of benzene rings is 3. The molecule has 42 heavy (non-hydrogen) atoms. The average Bonchev–Trinajstić information content (AvgIpc) is 3.54. The van der Waals surface area contributed by atoms with Crippen LogP contribution in [0.25, 0.3) is 23.0 Å². The van der Waals surface area contributed by atoms with Crippen molar-refractivity contribution in [1.29, 1.82) is 0 Å². The van der Waals surface area contributed by atoms with Gasteiger partial charge in [-0.25, -0.2) is 13.1 Å². The van der Waals surface area contributed by atoms with Crippen molar-refractivity contribution >= 4 is 33.4 Å². The quantitative estimate of drug-likeness (QED) is 0.294. The zero-order chi connectivity index (χ0) is 29.4. The fourth-order valence-electron chi connectivity index (χ4n) is 5.29. The molecule has 2 unspecified atom stereocenters. The molecule has 1 amide bonds. The predicted molar refractivity (Wildman–Crippen MR) is 163 cm³/mol. The first-order chi connectivity index (χ1) is 20.2. The van der Waals surface area contributed by atoms with E-state index in [1.165, 1.54) is 9.31 Å². The van der Waals surface area contributed by atoms with E-state index in [4.69, 9.17) is 9.84 Å². The second-order valence-electron chi connectivity index (χ2n) is 10.5. The van der Waals surface area contributed by atoms with Crippen LogP contribution in [0, 0.1) is 0 Å². The number of nitrogens with zero attached hydrogens (tertiary/aromatic N) is 5. The van der Waals surface area contributed by atoms with E-state index in [2.05, 4.69) is 5.10 Å². The van der Waals surface area contributed by atoms with E-state index in [1.54, 1.807) is 35.9 Å². The first-order valence-corrected chi connectivity index (χ1v) is 15.2. The molecule has 0 N–H and O–H groups in total. The van der Waals surface area contributed by atoms with E-state index in [1.807, 2.05) is 86.8 Å². The van der Waals surface area contributed by atoms with Gasteiger partial charge in [0.05, 0.1) is 39.8 Å². The van der Waals surface area contributed by atoms with Gasteiger partial charge in [-0.1, -0.05) is 48.5 Å². The van der Waals surface area contributed by atoms with Crippen molar-refractivity contribution in [2.45, 2.75) is 37.9 Å². The second kappa shape index (κ2) is 11.1. The minimum Gasteiger partial charge on any atom is -0.373 e. The zero-order valence-corrected chi connectivity index (χ0v) is 24.4. The summed E-state index contributed by atoms with van der Waals surface area (Å²) in [5.41, 5.74) is 4.35. The van der Waals surface area contributed by atoms with Gasteiger partial charge in [0.2, 0.25) is 10.0 Å². The molecule has 1 saturated heterocycles. The highest BCUT2D eigenvalue weighted by Gasteiger charge is 2.33. The lowest BCUT2D eigenvalue weighted by Gasteiger charge is -2.34. The maximum absolute atomic E-state index is 13.7. The zero-order valence-electron chi connectivity index (χ0n) is 23.6. The van der Waals surface area contributed by atoms with Crippen LogP contribution in [0.2, 0.25) is 0 Å². The predicted octanol–water partition coefficient (Wildman–Crippen LogP) is 5.14. The van der Waals surface area contributed by atoms with Crippen molar-refractivity contribution in [2.75, 3.05) is 18.1 Å². The standard InChI is InChI=1S/C32H31N5O4S/c1-22-19-35(20-23(2)41-22)42(39,40)29-16-10-11-25(17-29)31-26(21-36(34-31)27-12-6-4-7-13-27)18-30-24(3)33-37(32(30)38)28-14-8-5-9-15-28/h4-18,21-23H,19-20H2,1-3H3/b30-18-. The van der Waals surface area contributed by atoms with Crippen molar-refractivity contribution in [3.8, 4) is 16.9 Å². The maximum Gasteiger partial charge on any atom is 0.280 e. The molecule has 3 aromatic carbocycles. The van der Waals surface area contributed by atoms with Gasteiger partial charge in [-0.15, -0.1) is 0 Å². The molecular formula is C32H31N5O4S. The molecule has 1 fully saturated rings. The Labute approximate surface area is 245 Å². The molecule has 214 valence electrons. The minimum atomic E-state index is -3.77. The number of hydrazone groups is 1. The number of amides is 1. The van der Waals surface area contributed by atoms with E-state index < -0.39 is 10.0 Å². The van der Waals surface area contributed by atoms with Gasteiger partial charge < -0.3 is 4.74 Å². The van der Waals surface area contributed by atoms with Gasteiger partial charge in [0.15, 0.2) is 0 Å². The van der Waals surface area contributed by atoms with Crippen molar-refractivity contribution in [3.05, 3.63) is 102 Å². The lowest BCUT2D eigenvalue weighted by Crippen LogP contribution is -2.48. The number of para-hydroxylation sites is 2. The Hall–Kier alpha value is -4.38. The summed E-state index contributed by atoms with van der Waals surface area (Å²) >= 11 is 0. The molecule has 1 aromatic heterocycles. The first-order valence-electron chi connectivity index (χ1n) is 13.8. The molecule has 2 atom stereocenters. The summed E-state index contributed by atoms with van der Waals surface area (Å²) < 4.78 is 36.3. The summed E-state index contributed by atoms with van der Waals surface area (Å²) in [6, 6.07) is 25.7. The summed E-state index contributed by atoms with van der Waals surface area (Å²) in [5.74, 6) is -0.246. The molecule has 9 nitrogen and oxygen atoms in total. The molecule has 0 bridgehead atoms. The molecule has 2 aliphatic heterocycles. The first kappa shape index (κ1) is 27.8. The molecule has 3 heterocycles. The number of carbonyl (C=O) groups excluding carboxylic acids is 1. The summed E-state index contributed by atoms with van der Waals surface area (Å²) in [7, 11) is -3.77. The summed E-state index contributed by atoms with van der Waals surface area (Å²) in [5, 5.41) is 10.8. The molecular weight excluding hydrogens is 550 g/mol. The van der Waals surface area contributed by atoms with Crippen LogP contribution >= 0.6 is 0 Å². The number of hydrogen-bond acceptors (Lipinski definition) is 6. The van der Waals surface area contributed by atoms with E-state index in [0.29, 0.717) is 33.8 Å². The molecule has 6 rings (SSSR count). The number of aromatic nitrogens is 2. The topological polar surface area (TPSA) is 97.1 Å². The fraction of sp³-hybridized carbons (Fsp3) is 0.219. The SMILES string of the molecule is CC1=NN(c2ccccc2)C(=O)/C1=C\c1cn(-c2ccccc2)nc1-c1cccc(S(=O)(=O)N2CC(C)OC(C)C2)c1. The van der Waals surface area contributed by atoms with Gasteiger partial charge in [0.25, 0.3) is 5.91 Å². The van der Waals surface area contributed by atoms with Crippen molar-refractivity contribution in [3.63, 3.8) is 0 Å². The smallest absolute Gasteiger partial charge is 0.280 e. The molecule has 2 aliphatic rings. The van der Waals surface area contributed by atoms with Gasteiger partial charge in [-0.2, -0.15) is 19.5 Å². The number of hydrogen-bond donors (Lipinski definition) is 0. The number of sulfonamides is 1. The number of carbonyl (C=O) groups is 1. The molecule has 0 radical (unpaired) electrons. The Morgan fingerprint density at radius 3 is 2.19 bits per heavy atom. The van der Waals surface area contributed by atoms with Crippen LogP contribution < -0.4 is 5.01 Å². The van der Waals surface area contributed by atoms with Crippen molar-refractivity contribution in [2.24, 2.45) is 5.10 Å². The lowest BCUT2D eigenvalue weighted by molar-refractivity contribution is -0.114. The van der Waals surface area contributed by atoms with Crippen LogP contribution in [0.1, 0.15) is 26.3 Å². The number of ether oxygens (including phenoxy) is 1. The van der Waals surface area contributed by atoms with E-state index in [9.17, 15) is 13.2 Å².